The van der Waals surface area contributed by atoms with Crippen LogP contribution in [-0.4, -0.2) is 46.3 Å². The van der Waals surface area contributed by atoms with Gasteiger partial charge in [-0.25, -0.2) is 0 Å². The number of halogens is 2. The van der Waals surface area contributed by atoms with E-state index in [2.05, 4.69) is 17.3 Å². The largest absolute Gasteiger partial charge is 0.336 e. The highest BCUT2D eigenvalue weighted by molar-refractivity contribution is 5.85. The van der Waals surface area contributed by atoms with Crippen molar-refractivity contribution in [2.24, 2.45) is 0 Å². The van der Waals surface area contributed by atoms with Crippen molar-refractivity contribution in [3.8, 4) is 0 Å². The Kier molecular flexibility index (Phi) is 7.18. The third kappa shape index (κ3) is 4.18. The fraction of sp³-hybridized carbons (Fsp3) is 0.600. The molecule has 2 rings (SSSR count). The third-order valence-electron chi connectivity index (χ3n) is 2.68. The van der Waals surface area contributed by atoms with E-state index >= 15 is 0 Å². The number of hydrogen-bond acceptors (Lipinski definition) is 3. The SMILES string of the molecule is C[C@@H]1CNCCN1C(=O)Cn1cccn1.Cl.Cl. The maximum absolute atomic E-state index is 11.9. The molecule has 1 aromatic heterocycles. The van der Waals surface area contributed by atoms with E-state index in [1.165, 1.54) is 0 Å². The summed E-state index contributed by atoms with van der Waals surface area (Å²) < 4.78 is 1.66. The average Bonchev–Trinajstić information content (AvgIpc) is 2.71. The van der Waals surface area contributed by atoms with Crippen LogP contribution in [0.4, 0.5) is 0 Å². The zero-order valence-corrected chi connectivity index (χ0v) is 11.3. The Morgan fingerprint density at radius 2 is 2.29 bits per heavy atom. The molecule has 98 valence electrons. The Morgan fingerprint density at radius 1 is 1.53 bits per heavy atom. The van der Waals surface area contributed by atoms with Crippen molar-refractivity contribution >= 4 is 30.7 Å². The van der Waals surface area contributed by atoms with Crippen molar-refractivity contribution in [2.75, 3.05) is 19.6 Å². The van der Waals surface area contributed by atoms with Crippen molar-refractivity contribution in [2.45, 2.75) is 19.5 Å². The van der Waals surface area contributed by atoms with Crippen molar-refractivity contribution in [3.63, 3.8) is 0 Å². The van der Waals surface area contributed by atoms with Crippen LogP contribution in [0.1, 0.15) is 6.92 Å². The van der Waals surface area contributed by atoms with Gasteiger partial charge in [0.1, 0.15) is 6.54 Å². The zero-order chi connectivity index (χ0) is 10.7. The maximum atomic E-state index is 11.9. The van der Waals surface area contributed by atoms with Crippen LogP contribution >= 0.6 is 24.8 Å². The third-order valence-corrected chi connectivity index (χ3v) is 2.68. The lowest BCUT2D eigenvalue weighted by Gasteiger charge is -2.33. The number of piperazine rings is 1. The number of amides is 1. The molecule has 1 aromatic rings. The molecule has 1 saturated heterocycles. The fourth-order valence-electron chi connectivity index (χ4n) is 1.83. The second-order valence-corrected chi connectivity index (χ2v) is 3.84. The number of carbonyl (C=O) groups excluding carboxylic acids is 1. The van der Waals surface area contributed by atoms with Crippen molar-refractivity contribution in [3.05, 3.63) is 18.5 Å². The molecule has 1 aliphatic heterocycles. The van der Waals surface area contributed by atoms with E-state index in [9.17, 15) is 4.79 Å². The predicted octanol–water partition coefficient (Wildman–Crippen LogP) is 0.547. The molecule has 7 heteroatoms. The van der Waals surface area contributed by atoms with Crippen molar-refractivity contribution in [1.29, 1.82) is 0 Å². The summed E-state index contributed by atoms with van der Waals surface area (Å²) in [5.74, 6) is 0.146. The molecule has 1 fully saturated rings. The number of aromatic nitrogens is 2. The van der Waals surface area contributed by atoms with E-state index < -0.39 is 0 Å². The van der Waals surface area contributed by atoms with Crippen LogP contribution in [0.5, 0.6) is 0 Å². The summed E-state index contributed by atoms with van der Waals surface area (Å²) in [7, 11) is 0. The molecule has 1 atom stereocenters. The summed E-state index contributed by atoms with van der Waals surface area (Å²) in [6.07, 6.45) is 3.50. The van der Waals surface area contributed by atoms with Crippen LogP contribution in [0, 0.1) is 0 Å². The van der Waals surface area contributed by atoms with E-state index in [4.69, 9.17) is 0 Å². The summed E-state index contributed by atoms with van der Waals surface area (Å²) in [5, 5.41) is 7.29. The number of nitrogens with one attached hydrogen (secondary N) is 1. The standard InChI is InChI=1S/C10H16N4O.2ClH/c1-9-7-11-4-6-14(9)10(15)8-13-5-2-3-12-13;;/h2-3,5,9,11H,4,6-8H2,1H3;2*1H/t9-;;/m1../s1. The molecule has 2 heterocycles. The van der Waals surface area contributed by atoms with Crippen molar-refractivity contribution < 1.29 is 4.79 Å². The van der Waals surface area contributed by atoms with Gasteiger partial charge in [0.2, 0.25) is 5.91 Å². The predicted molar refractivity (Wildman–Crippen MR) is 70.8 cm³/mol. The first-order chi connectivity index (χ1) is 7.27. The van der Waals surface area contributed by atoms with Gasteiger partial charge in [0.05, 0.1) is 0 Å². The normalized spacial score (nSPS) is 19.1. The van der Waals surface area contributed by atoms with Gasteiger partial charge in [-0.1, -0.05) is 0 Å². The topological polar surface area (TPSA) is 50.2 Å². The second-order valence-electron chi connectivity index (χ2n) is 3.84. The molecule has 0 aliphatic carbocycles. The molecule has 0 spiro atoms. The number of nitrogens with zero attached hydrogens (tertiary/aromatic N) is 3. The summed E-state index contributed by atoms with van der Waals surface area (Å²) in [4.78, 5) is 13.8. The Bertz CT molecular complexity index is 331. The van der Waals surface area contributed by atoms with E-state index in [-0.39, 0.29) is 36.8 Å². The minimum absolute atomic E-state index is 0. The lowest BCUT2D eigenvalue weighted by Crippen LogP contribution is -2.53. The molecule has 0 radical (unpaired) electrons. The molecule has 1 aliphatic rings. The van der Waals surface area contributed by atoms with Gasteiger partial charge in [0.15, 0.2) is 0 Å². The van der Waals surface area contributed by atoms with Crippen LogP contribution in [0.2, 0.25) is 0 Å². The van der Waals surface area contributed by atoms with Crippen LogP contribution in [0.25, 0.3) is 0 Å². The minimum Gasteiger partial charge on any atom is -0.336 e. The molecular formula is C10H18Cl2N4O. The van der Waals surface area contributed by atoms with Crippen LogP contribution < -0.4 is 5.32 Å². The molecule has 5 nitrogen and oxygen atoms in total. The summed E-state index contributed by atoms with van der Waals surface area (Å²) in [6.45, 7) is 4.96. The summed E-state index contributed by atoms with van der Waals surface area (Å²) in [5.41, 5.74) is 0. The van der Waals surface area contributed by atoms with Gasteiger partial charge in [0.25, 0.3) is 0 Å². The van der Waals surface area contributed by atoms with Crippen molar-refractivity contribution in [1.82, 2.24) is 20.0 Å². The molecule has 0 unspecified atom stereocenters. The molecule has 1 amide bonds. The highest BCUT2D eigenvalue weighted by atomic mass is 35.5. The van der Waals surface area contributed by atoms with E-state index in [1.807, 2.05) is 17.2 Å². The van der Waals surface area contributed by atoms with E-state index in [0.29, 0.717) is 6.54 Å². The molecule has 1 N–H and O–H groups in total. The fourth-order valence-corrected chi connectivity index (χ4v) is 1.83. The molecule has 0 aromatic carbocycles. The van der Waals surface area contributed by atoms with E-state index in [1.54, 1.807) is 10.9 Å². The van der Waals surface area contributed by atoms with Gasteiger partial charge < -0.3 is 10.2 Å². The smallest absolute Gasteiger partial charge is 0.244 e. The Morgan fingerprint density at radius 3 is 2.88 bits per heavy atom. The van der Waals surface area contributed by atoms with Gasteiger partial charge in [-0.15, -0.1) is 24.8 Å². The number of rotatable bonds is 2. The Balaban J connectivity index is 0.00000128. The summed E-state index contributed by atoms with van der Waals surface area (Å²) >= 11 is 0. The monoisotopic (exact) mass is 280 g/mol. The zero-order valence-electron chi connectivity index (χ0n) is 9.70. The lowest BCUT2D eigenvalue weighted by molar-refractivity contribution is -0.134. The van der Waals surface area contributed by atoms with Gasteiger partial charge >= 0.3 is 0 Å². The molecule has 17 heavy (non-hydrogen) atoms. The van der Waals surface area contributed by atoms with Gasteiger partial charge in [0, 0.05) is 38.1 Å². The number of carbonyl (C=O) groups is 1. The number of hydrogen-bond donors (Lipinski definition) is 1. The summed E-state index contributed by atoms with van der Waals surface area (Å²) in [6, 6.07) is 2.11. The quantitative estimate of drug-likeness (QED) is 0.861. The van der Waals surface area contributed by atoms with Gasteiger partial charge in [-0.2, -0.15) is 5.10 Å². The van der Waals surface area contributed by atoms with Gasteiger partial charge in [-0.05, 0) is 13.0 Å². The van der Waals surface area contributed by atoms with Crippen LogP contribution in [-0.2, 0) is 11.3 Å². The van der Waals surface area contributed by atoms with Crippen LogP contribution in [0.3, 0.4) is 0 Å². The maximum Gasteiger partial charge on any atom is 0.244 e. The van der Waals surface area contributed by atoms with E-state index in [0.717, 1.165) is 19.6 Å². The average molecular weight is 281 g/mol. The first kappa shape index (κ1) is 16.2. The molecule has 0 saturated carbocycles. The van der Waals surface area contributed by atoms with Crippen LogP contribution in [0.15, 0.2) is 18.5 Å². The minimum atomic E-state index is 0. The first-order valence-electron chi connectivity index (χ1n) is 5.25. The molecule has 0 bridgehead atoms. The molecular weight excluding hydrogens is 263 g/mol. The first-order valence-corrected chi connectivity index (χ1v) is 5.25. The lowest BCUT2D eigenvalue weighted by atomic mass is 10.2. The second kappa shape index (κ2) is 7.53. The highest BCUT2D eigenvalue weighted by Crippen LogP contribution is 2.03. The highest BCUT2D eigenvalue weighted by Gasteiger charge is 2.22. The Labute approximate surface area is 113 Å². The van der Waals surface area contributed by atoms with Gasteiger partial charge in [-0.3, -0.25) is 9.48 Å². The Hall–Kier alpha value is -0.780.